The number of allylic oxidation sites excluding steroid dienone is 2. The van der Waals surface area contributed by atoms with Crippen LogP contribution >= 0.6 is 0 Å². The lowest BCUT2D eigenvalue weighted by Gasteiger charge is -2.55. The molecule has 7 atom stereocenters. The maximum atomic E-state index is 16.0. The van der Waals surface area contributed by atoms with Gasteiger partial charge in [-0.1, -0.05) is 19.1 Å². The molecule has 4 aliphatic rings. The Balaban J connectivity index is 1.68. The minimum Gasteiger partial charge on any atom is -0.393 e. The summed E-state index contributed by atoms with van der Waals surface area (Å²) in [7, 11) is 0. The minimum atomic E-state index is -1.46. The van der Waals surface area contributed by atoms with Crippen molar-refractivity contribution in [2.24, 2.45) is 23.2 Å². The zero-order chi connectivity index (χ0) is 15.6. The molecule has 4 aliphatic carbocycles. The van der Waals surface area contributed by atoms with Crippen LogP contribution in [0.25, 0.3) is 0 Å². The highest BCUT2D eigenvalue weighted by Gasteiger charge is 2.65. The van der Waals surface area contributed by atoms with E-state index in [1.807, 2.05) is 0 Å². The SMILES string of the molecule is CC12C=CCC1[C@@]1(O)CCC3CCC(O)CC3CC1(F)CC2. The summed E-state index contributed by atoms with van der Waals surface area (Å²) >= 11 is 0. The highest BCUT2D eigenvalue weighted by molar-refractivity contribution is 5.23. The van der Waals surface area contributed by atoms with Crippen LogP contribution in [0.3, 0.4) is 0 Å². The van der Waals surface area contributed by atoms with Crippen molar-refractivity contribution in [2.45, 2.75) is 82.1 Å². The van der Waals surface area contributed by atoms with E-state index in [1.165, 1.54) is 0 Å². The molecule has 0 radical (unpaired) electrons. The molecule has 0 heterocycles. The Morgan fingerprint density at radius 2 is 1.91 bits per heavy atom. The van der Waals surface area contributed by atoms with Gasteiger partial charge >= 0.3 is 0 Å². The van der Waals surface area contributed by atoms with Gasteiger partial charge < -0.3 is 10.2 Å². The molecule has 3 fully saturated rings. The van der Waals surface area contributed by atoms with Gasteiger partial charge in [-0.3, -0.25) is 0 Å². The summed E-state index contributed by atoms with van der Waals surface area (Å²) in [5, 5.41) is 21.5. The molecule has 0 aromatic carbocycles. The van der Waals surface area contributed by atoms with Gasteiger partial charge in [-0.2, -0.15) is 0 Å². The van der Waals surface area contributed by atoms with Crippen LogP contribution < -0.4 is 0 Å². The third kappa shape index (κ3) is 1.97. The number of fused-ring (bicyclic) bond motifs is 4. The topological polar surface area (TPSA) is 40.5 Å². The highest BCUT2D eigenvalue weighted by atomic mass is 19.1. The highest BCUT2D eigenvalue weighted by Crippen LogP contribution is 2.62. The quantitative estimate of drug-likeness (QED) is 0.669. The first-order valence-electron chi connectivity index (χ1n) is 9.13. The zero-order valence-corrected chi connectivity index (χ0v) is 13.6. The fourth-order valence-electron chi connectivity index (χ4n) is 6.28. The standard InChI is InChI=1S/C19H29FO2/c1-17-7-2-3-16(17)19(22)8-6-13-4-5-15(21)11-14(13)12-18(19,20)10-9-17/h2,7,13-16,21-22H,3-6,8-12H2,1H3/t13?,14?,15?,16?,17?,18?,19-/m0/s1. The second-order valence-electron chi connectivity index (χ2n) is 8.82. The predicted molar refractivity (Wildman–Crippen MR) is 84.1 cm³/mol. The summed E-state index contributed by atoms with van der Waals surface area (Å²) in [6, 6.07) is 0. The maximum Gasteiger partial charge on any atom is 0.140 e. The molecule has 124 valence electrons. The van der Waals surface area contributed by atoms with E-state index in [0.29, 0.717) is 25.2 Å². The van der Waals surface area contributed by atoms with Crippen LogP contribution in [0.5, 0.6) is 0 Å². The molecule has 2 nitrogen and oxygen atoms in total. The molecule has 2 N–H and O–H groups in total. The molecule has 3 saturated carbocycles. The summed E-state index contributed by atoms with van der Waals surface area (Å²) in [4.78, 5) is 0. The number of alkyl halides is 1. The molecular weight excluding hydrogens is 279 g/mol. The lowest BCUT2D eigenvalue weighted by molar-refractivity contribution is -0.196. The van der Waals surface area contributed by atoms with Gasteiger partial charge in [0.1, 0.15) is 11.3 Å². The van der Waals surface area contributed by atoms with Crippen LogP contribution in [0.1, 0.15) is 64.7 Å². The lowest BCUT2D eigenvalue weighted by Crippen LogP contribution is -2.62. The van der Waals surface area contributed by atoms with E-state index >= 15 is 4.39 Å². The van der Waals surface area contributed by atoms with Gasteiger partial charge in [-0.05, 0) is 75.0 Å². The Hall–Kier alpha value is -0.410. The first-order chi connectivity index (χ1) is 10.4. The van der Waals surface area contributed by atoms with Crippen LogP contribution in [-0.2, 0) is 0 Å². The van der Waals surface area contributed by atoms with Crippen molar-refractivity contribution in [1.82, 2.24) is 0 Å². The second-order valence-corrected chi connectivity index (χ2v) is 8.82. The van der Waals surface area contributed by atoms with Gasteiger partial charge in [-0.15, -0.1) is 0 Å². The number of aliphatic hydroxyl groups is 2. The van der Waals surface area contributed by atoms with Gasteiger partial charge in [-0.25, -0.2) is 4.39 Å². The van der Waals surface area contributed by atoms with Gasteiger partial charge in [0.15, 0.2) is 0 Å². The third-order valence-corrected chi connectivity index (χ3v) is 7.67. The average molecular weight is 308 g/mol. The van der Waals surface area contributed by atoms with E-state index in [0.717, 1.165) is 38.5 Å². The molecule has 0 aromatic heterocycles. The molecule has 6 unspecified atom stereocenters. The van der Waals surface area contributed by atoms with Gasteiger partial charge in [0, 0.05) is 5.92 Å². The van der Waals surface area contributed by atoms with Crippen molar-refractivity contribution in [2.75, 3.05) is 0 Å². The van der Waals surface area contributed by atoms with Crippen LogP contribution in [0.2, 0.25) is 0 Å². The third-order valence-electron chi connectivity index (χ3n) is 7.67. The van der Waals surface area contributed by atoms with Crippen molar-refractivity contribution < 1.29 is 14.6 Å². The first kappa shape index (κ1) is 15.1. The van der Waals surface area contributed by atoms with Crippen LogP contribution in [-0.4, -0.2) is 27.6 Å². The van der Waals surface area contributed by atoms with Gasteiger partial charge in [0.2, 0.25) is 0 Å². The van der Waals surface area contributed by atoms with Crippen molar-refractivity contribution >= 4 is 0 Å². The smallest absolute Gasteiger partial charge is 0.140 e. The van der Waals surface area contributed by atoms with E-state index in [4.69, 9.17) is 0 Å². The summed E-state index contributed by atoms with van der Waals surface area (Å²) < 4.78 is 16.0. The largest absolute Gasteiger partial charge is 0.393 e. The number of rotatable bonds is 0. The first-order valence-corrected chi connectivity index (χ1v) is 9.13. The molecule has 0 aliphatic heterocycles. The second kappa shape index (κ2) is 4.80. The van der Waals surface area contributed by atoms with Crippen molar-refractivity contribution in [3.05, 3.63) is 12.2 Å². The van der Waals surface area contributed by atoms with E-state index in [-0.39, 0.29) is 23.4 Å². The number of halogens is 1. The van der Waals surface area contributed by atoms with E-state index in [2.05, 4.69) is 19.1 Å². The summed E-state index contributed by atoms with van der Waals surface area (Å²) in [5.41, 5.74) is -2.66. The molecule has 0 aromatic rings. The van der Waals surface area contributed by atoms with Crippen molar-refractivity contribution in [3.63, 3.8) is 0 Å². The fraction of sp³-hybridized carbons (Fsp3) is 0.895. The summed E-state index contributed by atoms with van der Waals surface area (Å²) in [6.45, 7) is 2.19. The maximum absolute atomic E-state index is 16.0. The minimum absolute atomic E-state index is 0.0284. The molecule has 0 spiro atoms. The average Bonchev–Trinajstić information content (AvgIpc) is 2.82. The number of hydrogen-bond acceptors (Lipinski definition) is 2. The molecular formula is C19H29FO2. The van der Waals surface area contributed by atoms with E-state index < -0.39 is 11.3 Å². The number of hydrogen-bond donors (Lipinski definition) is 2. The van der Waals surface area contributed by atoms with E-state index in [1.54, 1.807) is 0 Å². The predicted octanol–water partition coefficient (Wildman–Crippen LogP) is 3.76. The summed E-state index contributed by atoms with van der Waals surface area (Å²) in [6.07, 6.45) is 10.8. The Bertz CT molecular complexity index is 492. The molecule has 22 heavy (non-hydrogen) atoms. The summed E-state index contributed by atoms with van der Waals surface area (Å²) in [5.74, 6) is 0.775. The monoisotopic (exact) mass is 308 g/mol. The zero-order valence-electron chi connectivity index (χ0n) is 13.6. The molecule has 4 rings (SSSR count). The molecule has 0 amide bonds. The molecule has 0 bridgehead atoms. The fourth-order valence-corrected chi connectivity index (χ4v) is 6.28. The van der Waals surface area contributed by atoms with Gasteiger partial charge in [0.25, 0.3) is 0 Å². The Morgan fingerprint density at radius 1 is 1.09 bits per heavy atom. The van der Waals surface area contributed by atoms with Gasteiger partial charge in [0.05, 0.1) is 6.10 Å². The van der Waals surface area contributed by atoms with Crippen molar-refractivity contribution in [3.8, 4) is 0 Å². The normalized spacial score (nSPS) is 57.6. The number of aliphatic hydroxyl groups excluding tert-OH is 1. The molecule has 0 saturated heterocycles. The lowest BCUT2D eigenvalue weighted by atomic mass is 9.55. The van der Waals surface area contributed by atoms with Crippen LogP contribution in [0.4, 0.5) is 4.39 Å². The Labute approximate surface area is 132 Å². The Kier molecular flexibility index (Phi) is 3.30. The molecule has 3 heteroatoms. The van der Waals surface area contributed by atoms with Crippen molar-refractivity contribution in [1.29, 1.82) is 0 Å². The van der Waals surface area contributed by atoms with Crippen LogP contribution in [0.15, 0.2) is 12.2 Å². The Morgan fingerprint density at radius 3 is 2.73 bits per heavy atom. The van der Waals surface area contributed by atoms with E-state index in [9.17, 15) is 10.2 Å². The van der Waals surface area contributed by atoms with Crippen LogP contribution in [0, 0.1) is 23.2 Å².